The SMILES string of the molecule is CC(C)COc1cccc(C(=O)N2CCN(C(=O)CCCc3ccccc3)CC2)c1. The number of carbonyl (C=O) groups excluding carboxylic acids is 2. The predicted molar refractivity (Wildman–Crippen MR) is 119 cm³/mol. The molecule has 1 saturated heterocycles. The molecule has 30 heavy (non-hydrogen) atoms. The lowest BCUT2D eigenvalue weighted by Gasteiger charge is -2.35. The van der Waals surface area contributed by atoms with E-state index in [-0.39, 0.29) is 11.8 Å². The minimum Gasteiger partial charge on any atom is -0.493 e. The van der Waals surface area contributed by atoms with E-state index in [2.05, 4.69) is 26.0 Å². The van der Waals surface area contributed by atoms with E-state index in [0.29, 0.717) is 50.7 Å². The predicted octanol–water partition coefficient (Wildman–Crippen LogP) is 4.03. The monoisotopic (exact) mass is 408 g/mol. The quantitative estimate of drug-likeness (QED) is 0.663. The largest absolute Gasteiger partial charge is 0.493 e. The molecule has 0 aromatic heterocycles. The molecule has 160 valence electrons. The van der Waals surface area contributed by atoms with E-state index >= 15 is 0 Å². The summed E-state index contributed by atoms with van der Waals surface area (Å²) in [6.45, 7) is 7.15. The van der Waals surface area contributed by atoms with Crippen LogP contribution in [0, 0.1) is 5.92 Å². The molecule has 0 spiro atoms. The normalized spacial score (nSPS) is 14.1. The first kappa shape index (κ1) is 21.9. The molecule has 2 aromatic rings. The van der Waals surface area contributed by atoms with Gasteiger partial charge in [0.05, 0.1) is 6.61 Å². The third-order valence-electron chi connectivity index (χ3n) is 5.28. The van der Waals surface area contributed by atoms with E-state index in [1.807, 2.05) is 52.3 Å². The molecule has 0 unspecified atom stereocenters. The maximum atomic E-state index is 12.9. The molecule has 0 bridgehead atoms. The molecular formula is C25H32N2O3. The molecule has 0 radical (unpaired) electrons. The van der Waals surface area contributed by atoms with Crippen LogP contribution in [-0.4, -0.2) is 54.4 Å². The van der Waals surface area contributed by atoms with Gasteiger partial charge in [-0.2, -0.15) is 0 Å². The fourth-order valence-electron chi connectivity index (χ4n) is 3.57. The van der Waals surface area contributed by atoms with Crippen molar-refractivity contribution in [2.75, 3.05) is 32.8 Å². The van der Waals surface area contributed by atoms with E-state index in [1.165, 1.54) is 5.56 Å². The molecule has 1 aliphatic heterocycles. The van der Waals surface area contributed by atoms with Crippen molar-refractivity contribution in [3.63, 3.8) is 0 Å². The van der Waals surface area contributed by atoms with Gasteiger partial charge in [-0.05, 0) is 42.5 Å². The molecule has 5 nitrogen and oxygen atoms in total. The zero-order chi connectivity index (χ0) is 21.3. The Kier molecular flexibility index (Phi) is 7.89. The molecular weight excluding hydrogens is 376 g/mol. The van der Waals surface area contributed by atoms with Crippen LogP contribution in [0.3, 0.4) is 0 Å². The van der Waals surface area contributed by atoms with E-state index < -0.39 is 0 Å². The Morgan fingerprint density at radius 2 is 1.63 bits per heavy atom. The van der Waals surface area contributed by atoms with Crippen molar-refractivity contribution in [2.24, 2.45) is 5.92 Å². The molecule has 0 aliphatic carbocycles. The zero-order valence-corrected chi connectivity index (χ0v) is 18.0. The van der Waals surface area contributed by atoms with Gasteiger partial charge in [0.15, 0.2) is 0 Å². The fraction of sp³-hybridized carbons (Fsp3) is 0.440. The van der Waals surface area contributed by atoms with Gasteiger partial charge in [-0.1, -0.05) is 50.2 Å². The molecule has 3 rings (SSSR count). The summed E-state index contributed by atoms with van der Waals surface area (Å²) in [6, 6.07) is 17.6. The first-order valence-electron chi connectivity index (χ1n) is 10.9. The average Bonchev–Trinajstić information content (AvgIpc) is 2.78. The van der Waals surface area contributed by atoms with Crippen LogP contribution in [0.5, 0.6) is 5.75 Å². The number of piperazine rings is 1. The molecule has 0 N–H and O–H groups in total. The lowest BCUT2D eigenvalue weighted by Crippen LogP contribution is -2.50. The Morgan fingerprint density at radius 3 is 2.33 bits per heavy atom. The lowest BCUT2D eigenvalue weighted by atomic mass is 10.1. The van der Waals surface area contributed by atoms with Gasteiger partial charge in [0.25, 0.3) is 5.91 Å². The first-order chi connectivity index (χ1) is 14.5. The Labute approximate surface area is 179 Å². The average molecular weight is 409 g/mol. The summed E-state index contributed by atoms with van der Waals surface area (Å²) >= 11 is 0. The van der Waals surface area contributed by atoms with Crippen LogP contribution < -0.4 is 4.74 Å². The van der Waals surface area contributed by atoms with Crippen LogP contribution in [0.4, 0.5) is 0 Å². The third-order valence-corrected chi connectivity index (χ3v) is 5.28. The van der Waals surface area contributed by atoms with Crippen molar-refractivity contribution >= 4 is 11.8 Å². The summed E-state index contributed by atoms with van der Waals surface area (Å²) in [5.74, 6) is 1.34. The van der Waals surface area contributed by atoms with Crippen molar-refractivity contribution in [1.29, 1.82) is 0 Å². The van der Waals surface area contributed by atoms with E-state index in [1.54, 1.807) is 0 Å². The second-order valence-electron chi connectivity index (χ2n) is 8.24. The molecule has 0 saturated carbocycles. The van der Waals surface area contributed by atoms with Gasteiger partial charge in [0, 0.05) is 38.2 Å². The number of hydrogen-bond donors (Lipinski definition) is 0. The second kappa shape index (κ2) is 10.8. The highest BCUT2D eigenvalue weighted by Gasteiger charge is 2.24. The van der Waals surface area contributed by atoms with Gasteiger partial charge >= 0.3 is 0 Å². The lowest BCUT2D eigenvalue weighted by molar-refractivity contribution is -0.132. The van der Waals surface area contributed by atoms with Crippen molar-refractivity contribution in [2.45, 2.75) is 33.1 Å². The van der Waals surface area contributed by atoms with Crippen LogP contribution >= 0.6 is 0 Å². The van der Waals surface area contributed by atoms with Gasteiger partial charge in [0.2, 0.25) is 5.91 Å². The zero-order valence-electron chi connectivity index (χ0n) is 18.0. The van der Waals surface area contributed by atoms with Gasteiger partial charge in [-0.3, -0.25) is 9.59 Å². The minimum absolute atomic E-state index is 0.00109. The first-order valence-corrected chi connectivity index (χ1v) is 10.9. The topological polar surface area (TPSA) is 49.9 Å². The number of rotatable bonds is 8. The van der Waals surface area contributed by atoms with Crippen molar-refractivity contribution < 1.29 is 14.3 Å². The summed E-state index contributed by atoms with van der Waals surface area (Å²) < 4.78 is 5.74. The molecule has 2 aromatic carbocycles. The second-order valence-corrected chi connectivity index (χ2v) is 8.24. The summed E-state index contributed by atoms with van der Waals surface area (Å²) in [4.78, 5) is 29.1. The van der Waals surface area contributed by atoms with Gasteiger partial charge in [-0.15, -0.1) is 0 Å². The molecule has 2 amide bonds. The molecule has 5 heteroatoms. The Balaban J connectivity index is 1.45. The fourth-order valence-corrected chi connectivity index (χ4v) is 3.57. The maximum Gasteiger partial charge on any atom is 0.254 e. The van der Waals surface area contributed by atoms with Gasteiger partial charge in [0.1, 0.15) is 5.75 Å². The van der Waals surface area contributed by atoms with Crippen LogP contribution in [0.15, 0.2) is 54.6 Å². The minimum atomic E-state index is 0.00109. The summed E-state index contributed by atoms with van der Waals surface area (Å²) in [5.41, 5.74) is 1.90. The smallest absolute Gasteiger partial charge is 0.254 e. The summed E-state index contributed by atoms with van der Waals surface area (Å²) in [5, 5.41) is 0. The van der Waals surface area contributed by atoms with E-state index in [9.17, 15) is 9.59 Å². The standard InChI is InChI=1S/C25H32N2O3/c1-20(2)19-30-23-12-7-11-22(18-23)25(29)27-16-14-26(15-17-27)24(28)13-6-10-21-8-4-3-5-9-21/h3-5,7-9,11-12,18,20H,6,10,13-17,19H2,1-2H3. The number of benzene rings is 2. The van der Waals surface area contributed by atoms with Crippen LogP contribution in [0.2, 0.25) is 0 Å². The molecule has 1 fully saturated rings. The number of aryl methyl sites for hydroxylation is 1. The molecule has 1 aliphatic rings. The third kappa shape index (κ3) is 6.34. The van der Waals surface area contributed by atoms with Crippen LogP contribution in [-0.2, 0) is 11.2 Å². The van der Waals surface area contributed by atoms with Gasteiger partial charge in [-0.25, -0.2) is 0 Å². The van der Waals surface area contributed by atoms with Crippen molar-refractivity contribution in [1.82, 2.24) is 9.80 Å². The Bertz CT molecular complexity index is 827. The molecule has 0 atom stereocenters. The van der Waals surface area contributed by atoms with Crippen LogP contribution in [0.25, 0.3) is 0 Å². The Morgan fingerprint density at radius 1 is 0.933 bits per heavy atom. The number of hydrogen-bond acceptors (Lipinski definition) is 3. The van der Waals surface area contributed by atoms with Crippen molar-refractivity contribution in [3.8, 4) is 5.75 Å². The highest BCUT2D eigenvalue weighted by molar-refractivity contribution is 5.94. The molecule has 1 heterocycles. The Hall–Kier alpha value is -2.82. The maximum absolute atomic E-state index is 12.9. The number of nitrogens with zero attached hydrogens (tertiary/aromatic N) is 2. The summed E-state index contributed by atoms with van der Waals surface area (Å²) in [7, 11) is 0. The van der Waals surface area contributed by atoms with Crippen LogP contribution in [0.1, 0.15) is 42.6 Å². The highest BCUT2D eigenvalue weighted by Crippen LogP contribution is 2.17. The van der Waals surface area contributed by atoms with E-state index in [0.717, 1.165) is 18.6 Å². The number of carbonyl (C=O) groups is 2. The number of ether oxygens (including phenoxy) is 1. The number of amides is 2. The summed E-state index contributed by atoms with van der Waals surface area (Å²) in [6.07, 6.45) is 2.32. The highest BCUT2D eigenvalue weighted by atomic mass is 16.5. The van der Waals surface area contributed by atoms with Crippen molar-refractivity contribution in [3.05, 3.63) is 65.7 Å². The van der Waals surface area contributed by atoms with Gasteiger partial charge < -0.3 is 14.5 Å². The van der Waals surface area contributed by atoms with E-state index in [4.69, 9.17) is 4.74 Å².